The number of rotatable bonds is 4. The molecule has 0 aliphatic rings. The van der Waals surface area contributed by atoms with Crippen molar-refractivity contribution in [1.29, 1.82) is 0 Å². The maximum absolute atomic E-state index is 10.9. The van der Waals surface area contributed by atoms with Crippen molar-refractivity contribution in [2.75, 3.05) is 0 Å². The molecular formula is C15H13BrClNO3. The quantitative estimate of drug-likeness (QED) is 0.812. The van der Waals surface area contributed by atoms with E-state index in [0.29, 0.717) is 5.75 Å². The van der Waals surface area contributed by atoms with Gasteiger partial charge >= 0.3 is 5.97 Å². The molecule has 110 valence electrons. The molecule has 0 amide bonds. The molecular weight excluding hydrogens is 358 g/mol. The van der Waals surface area contributed by atoms with E-state index < -0.39 is 5.97 Å². The topological polar surface area (TPSA) is 59.4 Å². The molecule has 0 spiro atoms. The molecule has 4 nitrogen and oxygen atoms in total. The van der Waals surface area contributed by atoms with E-state index in [0.717, 1.165) is 10.0 Å². The predicted molar refractivity (Wildman–Crippen MR) is 84.5 cm³/mol. The van der Waals surface area contributed by atoms with Crippen LogP contribution in [0.5, 0.6) is 11.6 Å². The summed E-state index contributed by atoms with van der Waals surface area (Å²) in [5.74, 6) is 0.00796. The Morgan fingerprint density at radius 2 is 2.10 bits per heavy atom. The summed E-state index contributed by atoms with van der Waals surface area (Å²) in [7, 11) is 0. The van der Waals surface area contributed by atoms with E-state index >= 15 is 0 Å². The predicted octanol–water partition coefficient (Wildman–Crippen LogP) is 5.11. The Hall–Kier alpha value is -1.59. The third kappa shape index (κ3) is 3.74. The number of aromatic nitrogens is 1. The average Bonchev–Trinajstić information content (AvgIpc) is 2.42. The molecule has 0 aliphatic carbocycles. The first-order chi connectivity index (χ1) is 9.88. The number of aromatic carboxylic acids is 1. The van der Waals surface area contributed by atoms with Crippen LogP contribution in [0.4, 0.5) is 0 Å². The molecule has 0 saturated carbocycles. The number of hydrogen-bond acceptors (Lipinski definition) is 3. The fourth-order valence-corrected chi connectivity index (χ4v) is 2.37. The number of carboxylic acids is 1. The number of carboxylic acid groups (broad SMARTS) is 1. The summed E-state index contributed by atoms with van der Waals surface area (Å²) < 4.78 is 6.69. The molecule has 1 heterocycles. The van der Waals surface area contributed by atoms with Gasteiger partial charge in [-0.1, -0.05) is 41.4 Å². The smallest absolute Gasteiger partial charge is 0.337 e. The van der Waals surface area contributed by atoms with Crippen LogP contribution in [-0.4, -0.2) is 16.1 Å². The standard InChI is InChI=1S/C15H13BrClNO3/c1-8(2)11-6-10(16)3-4-13(11)21-14-12(17)5-9(7-18-14)15(19)20/h3-8H,1-2H3,(H,19,20). The number of pyridine rings is 1. The molecule has 0 saturated heterocycles. The summed E-state index contributed by atoms with van der Waals surface area (Å²) in [6.45, 7) is 4.11. The average molecular weight is 371 g/mol. The van der Waals surface area contributed by atoms with Crippen LogP contribution in [0.25, 0.3) is 0 Å². The second kappa shape index (κ2) is 6.45. The summed E-state index contributed by atoms with van der Waals surface area (Å²) in [6.07, 6.45) is 1.22. The fourth-order valence-electron chi connectivity index (χ4n) is 1.79. The highest BCUT2D eigenvalue weighted by Crippen LogP contribution is 2.34. The summed E-state index contributed by atoms with van der Waals surface area (Å²) in [6, 6.07) is 6.98. The summed E-state index contributed by atoms with van der Waals surface area (Å²) >= 11 is 9.45. The Morgan fingerprint density at radius 3 is 2.67 bits per heavy atom. The Bertz CT molecular complexity index is 689. The zero-order valence-electron chi connectivity index (χ0n) is 11.4. The summed E-state index contributed by atoms with van der Waals surface area (Å²) in [5, 5.41) is 9.05. The van der Waals surface area contributed by atoms with Crippen molar-refractivity contribution < 1.29 is 14.6 Å². The van der Waals surface area contributed by atoms with Gasteiger partial charge in [0.15, 0.2) is 0 Å². The molecule has 2 rings (SSSR count). The zero-order valence-corrected chi connectivity index (χ0v) is 13.8. The van der Waals surface area contributed by atoms with Crippen molar-refractivity contribution in [3.8, 4) is 11.6 Å². The lowest BCUT2D eigenvalue weighted by molar-refractivity contribution is 0.0696. The molecule has 2 aromatic rings. The molecule has 0 unspecified atom stereocenters. The van der Waals surface area contributed by atoms with E-state index in [1.165, 1.54) is 12.3 Å². The van der Waals surface area contributed by atoms with E-state index in [1.54, 1.807) is 0 Å². The number of halogens is 2. The maximum Gasteiger partial charge on any atom is 0.337 e. The van der Waals surface area contributed by atoms with Gasteiger partial charge in [-0.15, -0.1) is 0 Å². The maximum atomic E-state index is 10.9. The second-order valence-corrected chi connectivity index (χ2v) is 6.08. The minimum Gasteiger partial charge on any atom is -0.478 e. The molecule has 6 heteroatoms. The molecule has 1 aromatic heterocycles. The minimum absolute atomic E-state index is 0.0206. The number of hydrogen-bond donors (Lipinski definition) is 1. The molecule has 1 aromatic carbocycles. The van der Waals surface area contributed by atoms with E-state index in [4.69, 9.17) is 21.4 Å². The zero-order chi connectivity index (χ0) is 15.6. The van der Waals surface area contributed by atoms with E-state index in [9.17, 15) is 4.79 Å². The first kappa shape index (κ1) is 15.8. The normalized spacial score (nSPS) is 10.7. The van der Waals surface area contributed by atoms with E-state index in [1.807, 2.05) is 18.2 Å². The molecule has 0 bridgehead atoms. The van der Waals surface area contributed by atoms with Crippen LogP contribution < -0.4 is 4.74 Å². The van der Waals surface area contributed by atoms with Crippen LogP contribution in [0, 0.1) is 0 Å². The molecule has 1 N–H and O–H groups in total. The Morgan fingerprint density at radius 1 is 1.38 bits per heavy atom. The lowest BCUT2D eigenvalue weighted by atomic mass is 10.0. The van der Waals surface area contributed by atoms with Gasteiger partial charge in [-0.2, -0.15) is 0 Å². The monoisotopic (exact) mass is 369 g/mol. The highest BCUT2D eigenvalue weighted by atomic mass is 79.9. The number of nitrogens with zero attached hydrogens (tertiary/aromatic N) is 1. The van der Waals surface area contributed by atoms with Crippen LogP contribution in [0.15, 0.2) is 34.9 Å². The summed E-state index contributed by atoms with van der Waals surface area (Å²) in [4.78, 5) is 14.8. The Labute approximate surface area is 135 Å². The number of ether oxygens (including phenoxy) is 1. The SMILES string of the molecule is CC(C)c1cc(Br)ccc1Oc1ncc(C(=O)O)cc1Cl. The van der Waals surface area contributed by atoms with E-state index in [2.05, 4.69) is 34.8 Å². The first-order valence-electron chi connectivity index (χ1n) is 6.24. The van der Waals surface area contributed by atoms with Crippen LogP contribution in [0.2, 0.25) is 5.02 Å². The Balaban J connectivity index is 2.36. The lowest BCUT2D eigenvalue weighted by Crippen LogP contribution is -2.00. The van der Waals surface area contributed by atoms with Gasteiger partial charge in [-0.25, -0.2) is 9.78 Å². The largest absolute Gasteiger partial charge is 0.478 e. The molecule has 0 atom stereocenters. The molecule has 0 radical (unpaired) electrons. The van der Waals surface area contributed by atoms with Crippen molar-refractivity contribution in [1.82, 2.24) is 4.98 Å². The highest BCUT2D eigenvalue weighted by Gasteiger charge is 2.14. The number of benzene rings is 1. The molecule has 21 heavy (non-hydrogen) atoms. The third-order valence-electron chi connectivity index (χ3n) is 2.85. The minimum atomic E-state index is -1.08. The summed E-state index contributed by atoms with van der Waals surface area (Å²) in [5.41, 5.74) is 1.02. The van der Waals surface area contributed by atoms with Crippen molar-refractivity contribution in [2.24, 2.45) is 0 Å². The molecule has 0 aliphatic heterocycles. The van der Waals surface area contributed by atoms with Gasteiger partial charge in [0, 0.05) is 10.7 Å². The van der Waals surface area contributed by atoms with Crippen molar-refractivity contribution in [2.45, 2.75) is 19.8 Å². The van der Waals surface area contributed by atoms with Gasteiger partial charge in [0.2, 0.25) is 5.88 Å². The van der Waals surface area contributed by atoms with Crippen LogP contribution in [-0.2, 0) is 0 Å². The van der Waals surface area contributed by atoms with Crippen LogP contribution in [0.1, 0.15) is 35.7 Å². The van der Waals surface area contributed by atoms with Crippen LogP contribution in [0.3, 0.4) is 0 Å². The van der Waals surface area contributed by atoms with Crippen molar-refractivity contribution >= 4 is 33.5 Å². The van der Waals surface area contributed by atoms with Gasteiger partial charge in [-0.3, -0.25) is 0 Å². The second-order valence-electron chi connectivity index (χ2n) is 4.76. The third-order valence-corrected chi connectivity index (χ3v) is 3.62. The van der Waals surface area contributed by atoms with Gasteiger partial charge in [0.25, 0.3) is 0 Å². The van der Waals surface area contributed by atoms with Crippen molar-refractivity contribution in [3.05, 3.63) is 51.1 Å². The number of carbonyl (C=O) groups is 1. The van der Waals surface area contributed by atoms with E-state index in [-0.39, 0.29) is 22.4 Å². The van der Waals surface area contributed by atoms with Gasteiger partial charge in [-0.05, 0) is 35.7 Å². The first-order valence-corrected chi connectivity index (χ1v) is 7.41. The highest BCUT2D eigenvalue weighted by molar-refractivity contribution is 9.10. The van der Waals surface area contributed by atoms with Gasteiger partial charge < -0.3 is 9.84 Å². The van der Waals surface area contributed by atoms with Crippen LogP contribution >= 0.6 is 27.5 Å². The Kier molecular flexibility index (Phi) is 4.85. The van der Waals surface area contributed by atoms with Gasteiger partial charge in [0.05, 0.1) is 5.56 Å². The van der Waals surface area contributed by atoms with Crippen molar-refractivity contribution in [3.63, 3.8) is 0 Å². The lowest BCUT2D eigenvalue weighted by Gasteiger charge is -2.14. The van der Waals surface area contributed by atoms with Gasteiger partial charge in [0.1, 0.15) is 10.8 Å². The fraction of sp³-hybridized carbons (Fsp3) is 0.200. The molecule has 0 fully saturated rings.